The van der Waals surface area contributed by atoms with Crippen molar-refractivity contribution in [3.63, 3.8) is 0 Å². The Bertz CT molecular complexity index is 890. The van der Waals surface area contributed by atoms with E-state index in [0.717, 1.165) is 4.47 Å². The second-order valence-corrected chi connectivity index (χ2v) is 5.93. The molecule has 0 radical (unpaired) electrons. The largest absolute Gasteiger partial charge is 0.321 e. The number of halogens is 2. The molecule has 0 unspecified atom stereocenters. The molecule has 6 nitrogen and oxygen atoms in total. The molecule has 0 saturated heterocycles. The Kier molecular flexibility index (Phi) is 5.68. The molecular formula is C16H9BrClN3O3. The molecule has 0 aromatic heterocycles. The van der Waals surface area contributed by atoms with Crippen LogP contribution in [0, 0.1) is 21.4 Å². The van der Waals surface area contributed by atoms with Crippen molar-refractivity contribution in [3.8, 4) is 6.07 Å². The molecule has 0 aliphatic heterocycles. The summed E-state index contributed by atoms with van der Waals surface area (Å²) in [6.07, 6.45) is 1.26. The van der Waals surface area contributed by atoms with Crippen molar-refractivity contribution < 1.29 is 9.72 Å². The number of nitro benzene ring substituents is 1. The van der Waals surface area contributed by atoms with Crippen molar-refractivity contribution >= 4 is 50.9 Å². The molecule has 0 spiro atoms. The van der Waals surface area contributed by atoms with E-state index in [1.165, 1.54) is 24.3 Å². The fourth-order valence-corrected chi connectivity index (χ4v) is 2.43. The van der Waals surface area contributed by atoms with Crippen molar-refractivity contribution in [2.75, 3.05) is 5.32 Å². The van der Waals surface area contributed by atoms with Crippen LogP contribution in [0.25, 0.3) is 6.08 Å². The highest BCUT2D eigenvalue weighted by molar-refractivity contribution is 9.10. The Labute approximate surface area is 150 Å². The van der Waals surface area contributed by atoms with Crippen molar-refractivity contribution in [2.24, 2.45) is 0 Å². The van der Waals surface area contributed by atoms with Crippen LogP contribution in [0.4, 0.5) is 11.4 Å². The number of carbonyl (C=O) groups excluding carboxylic acids is 1. The number of nitro groups is 1. The minimum atomic E-state index is -0.632. The van der Waals surface area contributed by atoms with Gasteiger partial charge in [0.15, 0.2) is 0 Å². The lowest BCUT2D eigenvalue weighted by Gasteiger charge is -2.05. The number of amides is 1. The van der Waals surface area contributed by atoms with Gasteiger partial charge in [-0.3, -0.25) is 14.9 Å². The summed E-state index contributed by atoms with van der Waals surface area (Å²) in [7, 11) is 0. The van der Waals surface area contributed by atoms with Gasteiger partial charge < -0.3 is 5.32 Å². The van der Waals surface area contributed by atoms with Crippen molar-refractivity contribution in [3.05, 3.63) is 73.2 Å². The highest BCUT2D eigenvalue weighted by Crippen LogP contribution is 2.26. The maximum Gasteiger partial charge on any atom is 0.288 e. The van der Waals surface area contributed by atoms with E-state index in [4.69, 9.17) is 11.6 Å². The third-order valence-electron chi connectivity index (χ3n) is 2.93. The van der Waals surface area contributed by atoms with Gasteiger partial charge in [0.1, 0.15) is 16.7 Å². The first-order chi connectivity index (χ1) is 11.4. The first kappa shape index (κ1) is 17.7. The Morgan fingerprint density at radius 3 is 2.71 bits per heavy atom. The van der Waals surface area contributed by atoms with Gasteiger partial charge in [-0.1, -0.05) is 39.7 Å². The molecule has 0 atom stereocenters. The summed E-state index contributed by atoms with van der Waals surface area (Å²) in [5, 5.41) is 22.6. The number of benzene rings is 2. The second kappa shape index (κ2) is 7.73. The van der Waals surface area contributed by atoms with Gasteiger partial charge in [-0.25, -0.2) is 0 Å². The molecule has 0 aliphatic rings. The van der Waals surface area contributed by atoms with Crippen LogP contribution in [0.2, 0.25) is 5.02 Å². The zero-order valence-electron chi connectivity index (χ0n) is 12.0. The molecule has 0 heterocycles. The summed E-state index contributed by atoms with van der Waals surface area (Å²) in [6.45, 7) is 0. The van der Waals surface area contributed by atoms with Crippen molar-refractivity contribution in [1.82, 2.24) is 0 Å². The molecule has 0 fully saturated rings. The molecule has 0 bridgehead atoms. The Hall–Kier alpha value is -2.69. The molecule has 2 rings (SSSR count). The molecule has 2 aromatic carbocycles. The third kappa shape index (κ3) is 4.41. The molecular weight excluding hydrogens is 398 g/mol. The Morgan fingerprint density at radius 2 is 2.08 bits per heavy atom. The number of nitrogens with zero attached hydrogens (tertiary/aromatic N) is 2. The lowest BCUT2D eigenvalue weighted by atomic mass is 10.1. The molecule has 24 heavy (non-hydrogen) atoms. The van der Waals surface area contributed by atoms with Gasteiger partial charge in [0.05, 0.1) is 4.92 Å². The number of nitrogens with one attached hydrogen (secondary N) is 1. The molecule has 2 aromatic rings. The molecule has 120 valence electrons. The number of hydrogen-bond acceptors (Lipinski definition) is 4. The Balaban J connectivity index is 2.29. The fourth-order valence-electron chi connectivity index (χ4n) is 1.84. The van der Waals surface area contributed by atoms with E-state index in [1.807, 2.05) is 0 Å². The van der Waals surface area contributed by atoms with E-state index in [-0.39, 0.29) is 16.3 Å². The number of anilines is 1. The molecule has 1 N–H and O–H groups in total. The maximum absolute atomic E-state index is 12.2. The van der Waals surface area contributed by atoms with Gasteiger partial charge in [0, 0.05) is 16.2 Å². The topological polar surface area (TPSA) is 96.0 Å². The fraction of sp³-hybridized carbons (Fsp3) is 0. The first-order valence-corrected chi connectivity index (χ1v) is 7.70. The van der Waals surface area contributed by atoms with Crippen LogP contribution in [0.15, 0.2) is 52.5 Å². The van der Waals surface area contributed by atoms with Gasteiger partial charge in [-0.15, -0.1) is 0 Å². The van der Waals surface area contributed by atoms with E-state index in [9.17, 15) is 20.2 Å². The van der Waals surface area contributed by atoms with Crippen molar-refractivity contribution in [1.29, 1.82) is 5.26 Å². The first-order valence-electron chi connectivity index (χ1n) is 6.53. The zero-order valence-corrected chi connectivity index (χ0v) is 14.3. The van der Waals surface area contributed by atoms with Crippen LogP contribution < -0.4 is 5.32 Å². The summed E-state index contributed by atoms with van der Waals surface area (Å²) >= 11 is 9.02. The summed E-state index contributed by atoms with van der Waals surface area (Å²) in [5.41, 5.74) is 0.353. The average Bonchev–Trinajstić information content (AvgIpc) is 2.53. The summed E-state index contributed by atoms with van der Waals surface area (Å²) < 4.78 is 0.774. The summed E-state index contributed by atoms with van der Waals surface area (Å²) in [6, 6.07) is 12.7. The summed E-state index contributed by atoms with van der Waals surface area (Å²) in [5.74, 6) is -0.617. The Morgan fingerprint density at radius 1 is 1.33 bits per heavy atom. The standard InChI is InChI=1S/C16H9BrClN3O3/c17-12-2-1-3-13(8-12)20-16(22)11(9-19)6-10-4-5-14(18)15(7-10)21(23)24/h1-8H,(H,20,22)/b11-6-. The maximum atomic E-state index is 12.2. The van der Waals surface area contributed by atoms with E-state index in [1.54, 1.807) is 30.3 Å². The molecule has 0 saturated carbocycles. The van der Waals surface area contributed by atoms with Crippen LogP contribution in [0.3, 0.4) is 0 Å². The highest BCUT2D eigenvalue weighted by Gasteiger charge is 2.14. The minimum absolute atomic E-state index is 0.0192. The van der Waals surface area contributed by atoms with Crippen LogP contribution in [0.1, 0.15) is 5.56 Å². The van der Waals surface area contributed by atoms with E-state index >= 15 is 0 Å². The van der Waals surface area contributed by atoms with Gasteiger partial charge in [0.25, 0.3) is 11.6 Å². The zero-order chi connectivity index (χ0) is 17.7. The lowest BCUT2D eigenvalue weighted by Crippen LogP contribution is -2.13. The highest BCUT2D eigenvalue weighted by atomic mass is 79.9. The van der Waals surface area contributed by atoms with E-state index in [0.29, 0.717) is 11.3 Å². The second-order valence-electron chi connectivity index (χ2n) is 4.60. The third-order valence-corrected chi connectivity index (χ3v) is 3.74. The smallest absolute Gasteiger partial charge is 0.288 e. The quantitative estimate of drug-likeness (QED) is 0.348. The average molecular weight is 407 g/mol. The molecule has 1 amide bonds. The SMILES string of the molecule is N#C/C(=C/c1ccc(Cl)c([N+](=O)[O-])c1)C(=O)Nc1cccc(Br)c1. The normalized spacial score (nSPS) is 10.8. The van der Waals surface area contributed by atoms with E-state index < -0.39 is 10.8 Å². The van der Waals surface area contributed by atoms with Gasteiger partial charge in [0.2, 0.25) is 0 Å². The molecule has 0 aliphatic carbocycles. The van der Waals surface area contributed by atoms with Crippen molar-refractivity contribution in [2.45, 2.75) is 0 Å². The molecule has 8 heteroatoms. The van der Waals surface area contributed by atoms with Crippen LogP contribution in [-0.4, -0.2) is 10.8 Å². The van der Waals surface area contributed by atoms with Gasteiger partial charge in [-0.2, -0.15) is 5.26 Å². The predicted molar refractivity (Wildman–Crippen MR) is 94.5 cm³/mol. The number of nitriles is 1. The van der Waals surface area contributed by atoms with E-state index in [2.05, 4.69) is 21.2 Å². The number of rotatable bonds is 4. The monoisotopic (exact) mass is 405 g/mol. The minimum Gasteiger partial charge on any atom is -0.321 e. The lowest BCUT2D eigenvalue weighted by molar-refractivity contribution is -0.384. The predicted octanol–water partition coefficient (Wildman–Crippen LogP) is 4.56. The number of carbonyl (C=O) groups is 1. The van der Waals surface area contributed by atoms with Gasteiger partial charge in [-0.05, 0) is 35.9 Å². The number of hydrogen-bond donors (Lipinski definition) is 1. The summed E-state index contributed by atoms with van der Waals surface area (Å²) in [4.78, 5) is 22.4. The van der Waals surface area contributed by atoms with Crippen LogP contribution in [0.5, 0.6) is 0 Å². The van der Waals surface area contributed by atoms with Crippen LogP contribution >= 0.6 is 27.5 Å². The van der Waals surface area contributed by atoms with Gasteiger partial charge >= 0.3 is 0 Å². The van der Waals surface area contributed by atoms with Crippen LogP contribution in [-0.2, 0) is 4.79 Å².